The van der Waals surface area contributed by atoms with Gasteiger partial charge in [-0.05, 0) is 43.5 Å². The summed E-state index contributed by atoms with van der Waals surface area (Å²) >= 11 is 0. The van der Waals surface area contributed by atoms with E-state index in [1.165, 1.54) is 38.5 Å². The summed E-state index contributed by atoms with van der Waals surface area (Å²) < 4.78 is 0. The summed E-state index contributed by atoms with van der Waals surface area (Å²) in [5, 5.41) is 6.09. The van der Waals surface area contributed by atoms with Gasteiger partial charge in [-0.3, -0.25) is 14.5 Å². The molecule has 1 heterocycles. The van der Waals surface area contributed by atoms with Gasteiger partial charge in [0.05, 0.1) is 11.3 Å². The second kappa shape index (κ2) is 9.90. The van der Waals surface area contributed by atoms with Crippen LogP contribution in [0.1, 0.15) is 65.7 Å². The fourth-order valence-electron chi connectivity index (χ4n) is 4.70. The lowest BCUT2D eigenvalue weighted by atomic mass is 10.1. The van der Waals surface area contributed by atoms with Crippen molar-refractivity contribution in [1.82, 2.24) is 10.2 Å². The molecule has 1 unspecified atom stereocenters. The van der Waals surface area contributed by atoms with Crippen molar-refractivity contribution < 1.29 is 9.59 Å². The fraction of sp³-hybridized carbons (Fsp3) is 0.440. The number of amides is 2. The Kier molecular flexibility index (Phi) is 6.80. The molecule has 2 aliphatic rings. The molecule has 5 nitrogen and oxygen atoms in total. The average molecular weight is 406 g/mol. The molecule has 0 bridgehead atoms. The predicted octanol–water partition coefficient (Wildman–Crippen LogP) is 4.47. The van der Waals surface area contributed by atoms with E-state index in [9.17, 15) is 9.59 Å². The minimum Gasteiger partial charge on any atom is -0.348 e. The Hall–Kier alpha value is -2.66. The van der Waals surface area contributed by atoms with E-state index in [0.29, 0.717) is 22.9 Å². The number of anilines is 1. The van der Waals surface area contributed by atoms with Crippen LogP contribution in [0.2, 0.25) is 0 Å². The van der Waals surface area contributed by atoms with Gasteiger partial charge in [-0.15, -0.1) is 0 Å². The summed E-state index contributed by atoms with van der Waals surface area (Å²) in [5.41, 5.74) is 1.62. The van der Waals surface area contributed by atoms with Crippen LogP contribution < -0.4 is 10.6 Å². The van der Waals surface area contributed by atoms with Crippen LogP contribution in [0.25, 0.3) is 0 Å². The first kappa shape index (κ1) is 20.6. The van der Waals surface area contributed by atoms with Crippen molar-refractivity contribution in [2.45, 2.75) is 57.0 Å². The van der Waals surface area contributed by atoms with Gasteiger partial charge in [0.15, 0.2) is 0 Å². The summed E-state index contributed by atoms with van der Waals surface area (Å²) in [7, 11) is 0. The predicted molar refractivity (Wildman–Crippen MR) is 120 cm³/mol. The Balaban J connectivity index is 1.38. The second-order valence-corrected chi connectivity index (χ2v) is 8.47. The zero-order chi connectivity index (χ0) is 20.8. The highest BCUT2D eigenvalue weighted by Gasteiger charge is 2.30. The number of hydrogen-bond acceptors (Lipinski definition) is 3. The summed E-state index contributed by atoms with van der Waals surface area (Å²) in [6, 6.07) is 17.1. The topological polar surface area (TPSA) is 61.4 Å². The molecule has 30 heavy (non-hydrogen) atoms. The Bertz CT molecular complexity index is 860. The lowest BCUT2D eigenvalue weighted by Crippen LogP contribution is -2.40. The molecule has 1 aliphatic carbocycles. The summed E-state index contributed by atoms with van der Waals surface area (Å²) in [5.74, 6) is -0.331. The summed E-state index contributed by atoms with van der Waals surface area (Å²) in [4.78, 5) is 28.1. The molecular weight excluding hydrogens is 374 g/mol. The Morgan fingerprint density at radius 1 is 0.800 bits per heavy atom. The molecule has 1 saturated carbocycles. The summed E-state index contributed by atoms with van der Waals surface area (Å²) in [6.07, 6.45) is 8.93. The first-order valence-electron chi connectivity index (χ1n) is 11.2. The van der Waals surface area contributed by atoms with Crippen LogP contribution in [0, 0.1) is 0 Å². The minimum atomic E-state index is -0.212. The lowest BCUT2D eigenvalue weighted by molar-refractivity contribution is 0.0936. The van der Waals surface area contributed by atoms with Crippen LogP contribution in [0.3, 0.4) is 0 Å². The molecule has 4 rings (SSSR count). The number of para-hydroxylation sites is 1. The van der Waals surface area contributed by atoms with Crippen molar-refractivity contribution in [1.29, 1.82) is 0 Å². The van der Waals surface area contributed by atoms with Gasteiger partial charge >= 0.3 is 0 Å². The highest BCUT2D eigenvalue weighted by Crippen LogP contribution is 2.25. The van der Waals surface area contributed by atoms with Gasteiger partial charge in [-0.25, -0.2) is 0 Å². The third-order valence-electron chi connectivity index (χ3n) is 6.35. The second-order valence-electron chi connectivity index (χ2n) is 8.47. The first-order valence-corrected chi connectivity index (χ1v) is 11.2. The number of nitrogens with one attached hydrogen (secondary N) is 2. The molecule has 0 spiro atoms. The molecular formula is C25H31N3O2. The van der Waals surface area contributed by atoms with Gasteiger partial charge in [0.2, 0.25) is 0 Å². The van der Waals surface area contributed by atoms with E-state index in [0.717, 1.165) is 19.5 Å². The zero-order valence-electron chi connectivity index (χ0n) is 17.5. The standard InChI is InChI=1S/C25H31N3O2/c29-24(19-10-4-3-5-11-19)27-23-15-9-8-14-22(23)25(30)26-20-16-17-28(18-20)21-12-6-1-2-7-13-21/h3-5,8-11,14-15,20-21H,1-2,6-7,12-13,16-18H2,(H,26,30)(H,27,29). The molecule has 2 N–H and O–H groups in total. The molecule has 2 fully saturated rings. The van der Waals surface area contributed by atoms with Crippen molar-refractivity contribution in [3.63, 3.8) is 0 Å². The molecule has 1 saturated heterocycles. The van der Waals surface area contributed by atoms with E-state index < -0.39 is 0 Å². The third-order valence-corrected chi connectivity index (χ3v) is 6.35. The quantitative estimate of drug-likeness (QED) is 0.722. The van der Waals surface area contributed by atoms with Gasteiger partial charge < -0.3 is 10.6 Å². The molecule has 158 valence electrons. The molecule has 1 atom stereocenters. The van der Waals surface area contributed by atoms with Crippen molar-refractivity contribution >= 4 is 17.5 Å². The maximum Gasteiger partial charge on any atom is 0.255 e. The fourth-order valence-corrected chi connectivity index (χ4v) is 4.70. The molecule has 0 radical (unpaired) electrons. The molecule has 1 aliphatic heterocycles. The van der Waals surface area contributed by atoms with Gasteiger partial charge in [-0.2, -0.15) is 0 Å². The average Bonchev–Trinajstić information content (AvgIpc) is 3.06. The number of carbonyl (C=O) groups is 2. The van der Waals surface area contributed by atoms with Crippen LogP contribution in [0.4, 0.5) is 5.69 Å². The lowest BCUT2D eigenvalue weighted by Gasteiger charge is -2.26. The van der Waals surface area contributed by atoms with Gasteiger partial charge in [0.25, 0.3) is 11.8 Å². The molecule has 2 aromatic carbocycles. The number of likely N-dealkylation sites (tertiary alicyclic amines) is 1. The number of hydrogen-bond donors (Lipinski definition) is 2. The Morgan fingerprint density at radius 3 is 2.27 bits per heavy atom. The zero-order valence-corrected chi connectivity index (χ0v) is 17.5. The van der Waals surface area contributed by atoms with E-state index in [1.54, 1.807) is 24.3 Å². The SMILES string of the molecule is O=C(Nc1ccccc1C(=O)NC1CCN(C2CCCCCC2)C1)c1ccccc1. The normalized spacial score (nSPS) is 20.5. The van der Waals surface area contributed by atoms with Gasteiger partial charge in [-0.1, -0.05) is 56.0 Å². The summed E-state index contributed by atoms with van der Waals surface area (Å²) in [6.45, 7) is 1.98. The van der Waals surface area contributed by atoms with E-state index in [2.05, 4.69) is 15.5 Å². The van der Waals surface area contributed by atoms with Crippen LogP contribution in [-0.2, 0) is 0 Å². The number of benzene rings is 2. The Morgan fingerprint density at radius 2 is 1.50 bits per heavy atom. The third kappa shape index (κ3) is 5.08. The smallest absolute Gasteiger partial charge is 0.255 e. The maximum atomic E-state index is 13.0. The van der Waals surface area contributed by atoms with Crippen LogP contribution >= 0.6 is 0 Å². The van der Waals surface area contributed by atoms with Gasteiger partial charge in [0.1, 0.15) is 0 Å². The molecule has 5 heteroatoms. The van der Waals surface area contributed by atoms with Crippen LogP contribution in [0.5, 0.6) is 0 Å². The number of carbonyl (C=O) groups excluding carboxylic acids is 2. The molecule has 2 aromatic rings. The number of rotatable bonds is 5. The highest BCUT2D eigenvalue weighted by molar-refractivity contribution is 6.09. The molecule has 2 amide bonds. The molecule has 0 aromatic heterocycles. The highest BCUT2D eigenvalue weighted by atomic mass is 16.2. The van der Waals surface area contributed by atoms with Gasteiger partial charge in [0, 0.05) is 30.7 Å². The van der Waals surface area contributed by atoms with Crippen LogP contribution in [0.15, 0.2) is 54.6 Å². The largest absolute Gasteiger partial charge is 0.348 e. The maximum absolute atomic E-state index is 13.0. The van der Waals surface area contributed by atoms with Crippen molar-refractivity contribution in [2.75, 3.05) is 18.4 Å². The Labute approximate surface area is 178 Å². The van der Waals surface area contributed by atoms with E-state index in [-0.39, 0.29) is 17.9 Å². The first-order chi connectivity index (χ1) is 14.7. The van der Waals surface area contributed by atoms with E-state index in [4.69, 9.17) is 0 Å². The van der Waals surface area contributed by atoms with Crippen molar-refractivity contribution in [2.24, 2.45) is 0 Å². The number of nitrogens with zero attached hydrogens (tertiary/aromatic N) is 1. The van der Waals surface area contributed by atoms with E-state index in [1.807, 2.05) is 30.3 Å². The van der Waals surface area contributed by atoms with Crippen molar-refractivity contribution in [3.8, 4) is 0 Å². The monoisotopic (exact) mass is 405 g/mol. The van der Waals surface area contributed by atoms with Crippen LogP contribution in [-0.4, -0.2) is 41.9 Å². The minimum absolute atomic E-state index is 0.119. The van der Waals surface area contributed by atoms with Crippen molar-refractivity contribution in [3.05, 3.63) is 65.7 Å². The van der Waals surface area contributed by atoms with E-state index >= 15 is 0 Å².